The van der Waals surface area contributed by atoms with Gasteiger partial charge in [0.1, 0.15) is 5.75 Å². The van der Waals surface area contributed by atoms with Crippen molar-refractivity contribution in [1.29, 1.82) is 0 Å². The van der Waals surface area contributed by atoms with E-state index >= 15 is 0 Å². The maximum Gasteiger partial charge on any atom is 0.168 e. The zero-order valence-electron chi connectivity index (χ0n) is 9.16. The molecule has 0 unspecified atom stereocenters. The molecule has 2 nitrogen and oxygen atoms in total. The highest BCUT2D eigenvalue weighted by Gasteiger charge is 2.11. The average Bonchev–Trinajstić information content (AvgIpc) is 2.36. The van der Waals surface area contributed by atoms with Crippen LogP contribution >= 0.6 is 0 Å². The molecule has 18 heavy (non-hydrogen) atoms. The van der Waals surface area contributed by atoms with Gasteiger partial charge in [-0.05, 0) is 18.2 Å². The topological polar surface area (TPSA) is 29.5 Å². The van der Waals surface area contributed by atoms with Crippen molar-refractivity contribution in [2.45, 2.75) is 6.61 Å². The summed E-state index contributed by atoms with van der Waals surface area (Å²) in [6.45, 7) is -0.420. The third-order valence-corrected chi connectivity index (χ3v) is 2.33. The van der Waals surface area contributed by atoms with Crippen molar-refractivity contribution >= 4 is 0 Å². The lowest BCUT2D eigenvalue weighted by molar-refractivity contribution is 0.274. The van der Waals surface area contributed by atoms with Gasteiger partial charge in [0.15, 0.2) is 23.2 Å². The van der Waals surface area contributed by atoms with E-state index in [-0.39, 0.29) is 17.1 Å². The van der Waals surface area contributed by atoms with Crippen molar-refractivity contribution in [3.05, 3.63) is 59.4 Å². The van der Waals surface area contributed by atoms with Crippen LogP contribution in [0.5, 0.6) is 11.5 Å². The summed E-state index contributed by atoms with van der Waals surface area (Å²) in [6.07, 6.45) is 0. The second-order valence-electron chi connectivity index (χ2n) is 3.56. The molecule has 0 bridgehead atoms. The standard InChI is InChI=1S/C13H9F3O2/c14-10-5-4-9(6-12(10)16)18-13-8(7-17)2-1-3-11(13)15/h1-6,17H,7H2. The van der Waals surface area contributed by atoms with E-state index in [0.29, 0.717) is 0 Å². The molecule has 0 aliphatic carbocycles. The molecule has 0 saturated carbocycles. The van der Waals surface area contributed by atoms with Crippen LogP contribution in [-0.2, 0) is 6.61 Å². The highest BCUT2D eigenvalue weighted by atomic mass is 19.2. The summed E-state index contributed by atoms with van der Waals surface area (Å²) in [6, 6.07) is 6.89. The van der Waals surface area contributed by atoms with Gasteiger partial charge in [0.05, 0.1) is 6.61 Å². The van der Waals surface area contributed by atoms with Crippen LogP contribution in [0.4, 0.5) is 13.2 Å². The molecule has 0 radical (unpaired) electrons. The molecule has 94 valence electrons. The summed E-state index contributed by atoms with van der Waals surface area (Å²) in [5.41, 5.74) is 0.222. The van der Waals surface area contributed by atoms with Crippen molar-refractivity contribution in [2.24, 2.45) is 0 Å². The molecule has 0 aromatic heterocycles. The van der Waals surface area contributed by atoms with Crippen molar-refractivity contribution in [3.63, 3.8) is 0 Å². The van der Waals surface area contributed by atoms with Crippen LogP contribution in [0.15, 0.2) is 36.4 Å². The lowest BCUT2D eigenvalue weighted by Crippen LogP contribution is -1.96. The minimum absolute atomic E-state index is 0.0475. The number of hydrogen-bond donors (Lipinski definition) is 1. The Morgan fingerprint density at radius 3 is 2.39 bits per heavy atom. The highest BCUT2D eigenvalue weighted by Crippen LogP contribution is 2.29. The number of aliphatic hydroxyl groups is 1. The maximum atomic E-state index is 13.5. The number of benzene rings is 2. The molecule has 0 aliphatic heterocycles. The molecule has 0 atom stereocenters. The Hall–Kier alpha value is -2.01. The van der Waals surface area contributed by atoms with Crippen LogP contribution in [0.25, 0.3) is 0 Å². The summed E-state index contributed by atoms with van der Waals surface area (Å²) in [7, 11) is 0. The number of ether oxygens (including phenoxy) is 1. The van der Waals surface area contributed by atoms with Crippen LogP contribution in [0, 0.1) is 17.5 Å². The minimum atomic E-state index is -1.09. The predicted molar refractivity (Wildman–Crippen MR) is 58.8 cm³/mol. The van der Waals surface area contributed by atoms with E-state index in [1.54, 1.807) is 0 Å². The predicted octanol–water partition coefficient (Wildman–Crippen LogP) is 3.39. The van der Waals surface area contributed by atoms with Crippen LogP contribution in [0.2, 0.25) is 0 Å². The second-order valence-corrected chi connectivity index (χ2v) is 3.56. The van der Waals surface area contributed by atoms with E-state index in [1.165, 1.54) is 18.2 Å². The average molecular weight is 254 g/mol. The van der Waals surface area contributed by atoms with Crippen LogP contribution in [-0.4, -0.2) is 5.11 Å². The van der Waals surface area contributed by atoms with Crippen LogP contribution < -0.4 is 4.74 Å². The van der Waals surface area contributed by atoms with Gasteiger partial charge in [0.25, 0.3) is 0 Å². The van der Waals surface area contributed by atoms with Gasteiger partial charge < -0.3 is 9.84 Å². The van der Waals surface area contributed by atoms with Crippen molar-refractivity contribution in [3.8, 4) is 11.5 Å². The minimum Gasteiger partial charge on any atom is -0.454 e. The first-order chi connectivity index (χ1) is 8.61. The molecule has 0 heterocycles. The quantitative estimate of drug-likeness (QED) is 0.909. The van der Waals surface area contributed by atoms with Gasteiger partial charge in [0.2, 0.25) is 0 Å². The normalized spacial score (nSPS) is 10.4. The molecule has 1 N–H and O–H groups in total. The third kappa shape index (κ3) is 2.46. The molecule has 0 fully saturated rings. The van der Waals surface area contributed by atoms with Crippen molar-refractivity contribution < 1.29 is 23.0 Å². The summed E-state index contributed by atoms with van der Waals surface area (Å²) in [4.78, 5) is 0. The van der Waals surface area contributed by atoms with Crippen molar-refractivity contribution in [2.75, 3.05) is 0 Å². The van der Waals surface area contributed by atoms with Crippen molar-refractivity contribution in [1.82, 2.24) is 0 Å². The van der Waals surface area contributed by atoms with Gasteiger partial charge in [0, 0.05) is 11.6 Å². The monoisotopic (exact) mass is 254 g/mol. The van der Waals surface area contributed by atoms with Crippen LogP contribution in [0.3, 0.4) is 0 Å². The Morgan fingerprint density at radius 1 is 0.944 bits per heavy atom. The fourth-order valence-corrected chi connectivity index (χ4v) is 1.45. The first-order valence-electron chi connectivity index (χ1n) is 5.13. The molecule has 0 amide bonds. The fraction of sp³-hybridized carbons (Fsp3) is 0.0769. The van der Waals surface area contributed by atoms with E-state index in [0.717, 1.165) is 18.2 Å². The Balaban J connectivity index is 2.36. The molecule has 2 rings (SSSR count). The highest BCUT2D eigenvalue weighted by molar-refractivity contribution is 5.38. The second kappa shape index (κ2) is 5.10. The van der Waals surface area contributed by atoms with E-state index in [4.69, 9.17) is 9.84 Å². The van der Waals surface area contributed by atoms with Gasteiger partial charge in [-0.1, -0.05) is 12.1 Å². The zero-order chi connectivity index (χ0) is 13.1. The summed E-state index contributed by atoms with van der Waals surface area (Å²) in [5, 5.41) is 9.04. The molecule has 0 saturated heterocycles. The third-order valence-electron chi connectivity index (χ3n) is 2.33. The van der Waals surface area contributed by atoms with E-state index in [2.05, 4.69) is 0 Å². The molecule has 0 spiro atoms. The lowest BCUT2D eigenvalue weighted by atomic mass is 10.2. The molecule has 5 heteroatoms. The van der Waals surface area contributed by atoms with E-state index in [9.17, 15) is 13.2 Å². The Morgan fingerprint density at radius 2 is 1.72 bits per heavy atom. The fourth-order valence-electron chi connectivity index (χ4n) is 1.45. The number of aliphatic hydroxyl groups excluding tert-OH is 1. The van der Waals surface area contributed by atoms with Gasteiger partial charge in [-0.15, -0.1) is 0 Å². The van der Waals surface area contributed by atoms with Gasteiger partial charge >= 0.3 is 0 Å². The number of para-hydroxylation sites is 1. The summed E-state index contributed by atoms with van der Waals surface area (Å²) >= 11 is 0. The number of rotatable bonds is 3. The van der Waals surface area contributed by atoms with Gasteiger partial charge in [-0.2, -0.15) is 0 Å². The Labute approximate surface area is 101 Å². The maximum absolute atomic E-state index is 13.5. The first-order valence-corrected chi connectivity index (χ1v) is 5.13. The number of halogens is 3. The molecule has 2 aromatic rings. The Bertz CT molecular complexity index is 570. The zero-order valence-corrected chi connectivity index (χ0v) is 9.16. The smallest absolute Gasteiger partial charge is 0.168 e. The van der Waals surface area contributed by atoms with Crippen LogP contribution in [0.1, 0.15) is 5.56 Å². The molecule has 2 aromatic carbocycles. The SMILES string of the molecule is OCc1cccc(F)c1Oc1ccc(F)c(F)c1. The molecular weight excluding hydrogens is 245 g/mol. The molecule has 0 aliphatic rings. The summed E-state index contributed by atoms with van der Waals surface area (Å²) in [5.74, 6) is -3.04. The first kappa shape index (κ1) is 12.4. The summed E-state index contributed by atoms with van der Waals surface area (Å²) < 4.78 is 44.3. The van der Waals surface area contributed by atoms with E-state index < -0.39 is 24.1 Å². The Kier molecular flexibility index (Phi) is 3.53. The largest absolute Gasteiger partial charge is 0.454 e. The molecular formula is C13H9F3O2. The van der Waals surface area contributed by atoms with Gasteiger partial charge in [-0.25, -0.2) is 13.2 Å². The van der Waals surface area contributed by atoms with Gasteiger partial charge in [-0.3, -0.25) is 0 Å². The lowest BCUT2D eigenvalue weighted by Gasteiger charge is -2.10. The number of hydrogen-bond acceptors (Lipinski definition) is 2. The van der Waals surface area contributed by atoms with E-state index in [1.807, 2.05) is 0 Å².